The summed E-state index contributed by atoms with van der Waals surface area (Å²) in [6.45, 7) is 4.24. The molecular formula is C36H33NO2. The third-order valence-corrected chi connectivity index (χ3v) is 8.22. The Labute approximate surface area is 230 Å². The maximum absolute atomic E-state index is 13.8. The first-order valence-corrected chi connectivity index (χ1v) is 14.1. The molecule has 1 aliphatic heterocycles. The van der Waals surface area contributed by atoms with Gasteiger partial charge < -0.3 is 0 Å². The van der Waals surface area contributed by atoms with Gasteiger partial charge >= 0.3 is 0 Å². The first-order valence-electron chi connectivity index (χ1n) is 14.1. The molecule has 194 valence electrons. The van der Waals surface area contributed by atoms with Crippen LogP contribution in [0.2, 0.25) is 0 Å². The largest absolute Gasteiger partial charge is 0.271 e. The topological polar surface area (TPSA) is 37.4 Å². The van der Waals surface area contributed by atoms with Crippen molar-refractivity contribution in [3.8, 4) is 22.3 Å². The van der Waals surface area contributed by atoms with E-state index in [2.05, 4.69) is 80.6 Å². The molecule has 0 spiro atoms. The highest BCUT2D eigenvalue weighted by Crippen LogP contribution is 2.41. The molecule has 0 bridgehead atoms. The van der Waals surface area contributed by atoms with Crippen LogP contribution < -0.4 is 0 Å². The molecule has 0 aliphatic carbocycles. The van der Waals surface area contributed by atoms with Crippen molar-refractivity contribution in [2.45, 2.75) is 52.0 Å². The van der Waals surface area contributed by atoms with Crippen molar-refractivity contribution >= 4 is 33.4 Å². The van der Waals surface area contributed by atoms with Crippen LogP contribution in [0.25, 0.3) is 43.8 Å². The third kappa shape index (κ3) is 4.23. The quantitative estimate of drug-likeness (QED) is 0.154. The van der Waals surface area contributed by atoms with Crippen LogP contribution in [-0.4, -0.2) is 22.8 Å². The van der Waals surface area contributed by atoms with Crippen molar-refractivity contribution in [1.29, 1.82) is 0 Å². The SMILES string of the molecule is CCCCCC(CC)N1C(=O)c2cccc3c(-c4ccc(-c5ccccc5)c5ccccc45)ccc(c23)C1=O. The molecular weight excluding hydrogens is 478 g/mol. The second-order valence-corrected chi connectivity index (χ2v) is 10.5. The monoisotopic (exact) mass is 511 g/mol. The Balaban J connectivity index is 1.50. The zero-order valence-corrected chi connectivity index (χ0v) is 22.6. The molecule has 1 heterocycles. The summed E-state index contributed by atoms with van der Waals surface area (Å²) in [5, 5.41) is 4.05. The maximum atomic E-state index is 13.8. The second kappa shape index (κ2) is 10.5. The van der Waals surface area contributed by atoms with Gasteiger partial charge in [-0.3, -0.25) is 14.5 Å². The van der Waals surface area contributed by atoms with Crippen molar-refractivity contribution in [3.05, 3.63) is 108 Å². The highest BCUT2D eigenvalue weighted by Gasteiger charge is 2.37. The summed E-state index contributed by atoms with van der Waals surface area (Å²) < 4.78 is 0. The summed E-state index contributed by atoms with van der Waals surface area (Å²) in [6, 6.07) is 33.1. The zero-order chi connectivity index (χ0) is 26.9. The van der Waals surface area contributed by atoms with Gasteiger partial charge in [-0.2, -0.15) is 0 Å². The van der Waals surface area contributed by atoms with Crippen LogP contribution in [0.3, 0.4) is 0 Å². The second-order valence-electron chi connectivity index (χ2n) is 10.5. The smallest absolute Gasteiger partial charge is 0.261 e. The van der Waals surface area contributed by atoms with E-state index in [9.17, 15) is 9.59 Å². The minimum atomic E-state index is -0.164. The van der Waals surface area contributed by atoms with Crippen molar-refractivity contribution in [2.24, 2.45) is 0 Å². The molecule has 3 heteroatoms. The first-order chi connectivity index (χ1) is 19.1. The van der Waals surface area contributed by atoms with E-state index in [1.54, 1.807) is 0 Å². The molecule has 0 fully saturated rings. The predicted octanol–water partition coefficient (Wildman–Crippen LogP) is 9.28. The molecule has 5 aromatic rings. The van der Waals surface area contributed by atoms with E-state index in [0.29, 0.717) is 11.1 Å². The Hall–Kier alpha value is -4.24. The maximum Gasteiger partial charge on any atom is 0.261 e. The molecule has 0 saturated heterocycles. The number of unbranched alkanes of at least 4 members (excludes halogenated alkanes) is 2. The van der Waals surface area contributed by atoms with Gasteiger partial charge in [-0.15, -0.1) is 0 Å². The van der Waals surface area contributed by atoms with E-state index in [4.69, 9.17) is 0 Å². The summed E-state index contributed by atoms with van der Waals surface area (Å²) in [5.74, 6) is -0.328. The number of hydrogen-bond acceptors (Lipinski definition) is 2. The number of rotatable bonds is 8. The van der Waals surface area contributed by atoms with Crippen LogP contribution in [0.15, 0.2) is 97.1 Å². The number of fused-ring (bicyclic) bond motifs is 1. The minimum Gasteiger partial charge on any atom is -0.271 e. The highest BCUT2D eigenvalue weighted by molar-refractivity contribution is 6.27. The van der Waals surface area contributed by atoms with Gasteiger partial charge in [0.05, 0.1) is 0 Å². The normalized spacial score (nSPS) is 13.8. The fourth-order valence-corrected chi connectivity index (χ4v) is 6.23. The van der Waals surface area contributed by atoms with Crippen molar-refractivity contribution in [2.75, 3.05) is 0 Å². The molecule has 6 rings (SSSR count). The number of benzene rings is 5. The van der Waals surface area contributed by atoms with Crippen LogP contribution >= 0.6 is 0 Å². The summed E-state index contributed by atoms with van der Waals surface area (Å²) in [7, 11) is 0. The van der Waals surface area contributed by atoms with Crippen LogP contribution in [0, 0.1) is 0 Å². The molecule has 0 aromatic heterocycles. The van der Waals surface area contributed by atoms with Gasteiger partial charge in [0.2, 0.25) is 0 Å². The van der Waals surface area contributed by atoms with Gasteiger partial charge in [-0.1, -0.05) is 118 Å². The summed E-state index contributed by atoms with van der Waals surface area (Å²) in [4.78, 5) is 29.2. The zero-order valence-electron chi connectivity index (χ0n) is 22.6. The number of imide groups is 1. The number of carbonyl (C=O) groups excluding carboxylic acids is 2. The van der Waals surface area contributed by atoms with E-state index < -0.39 is 0 Å². The van der Waals surface area contributed by atoms with E-state index in [0.717, 1.165) is 59.4 Å². The molecule has 0 N–H and O–H groups in total. The molecule has 0 saturated carbocycles. The third-order valence-electron chi connectivity index (χ3n) is 8.22. The molecule has 5 aromatic carbocycles. The van der Waals surface area contributed by atoms with Crippen molar-refractivity contribution in [1.82, 2.24) is 4.90 Å². The Morgan fingerprint density at radius 1 is 0.564 bits per heavy atom. The van der Waals surface area contributed by atoms with Crippen LogP contribution in [-0.2, 0) is 0 Å². The number of amides is 2. The van der Waals surface area contributed by atoms with E-state index in [1.807, 2.05) is 30.3 Å². The van der Waals surface area contributed by atoms with Crippen LogP contribution in [0.4, 0.5) is 0 Å². The van der Waals surface area contributed by atoms with Gasteiger partial charge in [-0.05, 0) is 63.4 Å². The highest BCUT2D eigenvalue weighted by atomic mass is 16.2. The molecule has 0 radical (unpaired) electrons. The molecule has 1 atom stereocenters. The fourth-order valence-electron chi connectivity index (χ4n) is 6.23. The van der Waals surface area contributed by atoms with Crippen LogP contribution in [0.5, 0.6) is 0 Å². The van der Waals surface area contributed by atoms with E-state index in [1.165, 1.54) is 21.4 Å². The van der Waals surface area contributed by atoms with Gasteiger partial charge in [-0.25, -0.2) is 0 Å². The van der Waals surface area contributed by atoms with Gasteiger partial charge in [0, 0.05) is 22.6 Å². The van der Waals surface area contributed by atoms with Crippen LogP contribution in [0.1, 0.15) is 66.7 Å². The molecule has 1 aliphatic rings. The standard InChI is InChI=1S/C36H33NO2/c1-3-5-7-15-25(4-2)37-35(38)32-19-12-18-31-30(22-23-33(34(31)32)36(37)39)29-21-20-26(24-13-8-6-9-14-24)27-16-10-11-17-28(27)29/h6,8-14,16-23,25H,3-5,7,15H2,1-2H3. The van der Waals surface area contributed by atoms with Gasteiger partial charge in [0.15, 0.2) is 0 Å². The summed E-state index contributed by atoms with van der Waals surface area (Å²) in [5.41, 5.74) is 5.76. The molecule has 2 amide bonds. The van der Waals surface area contributed by atoms with E-state index in [-0.39, 0.29) is 17.9 Å². The fraction of sp³-hybridized carbons (Fsp3) is 0.222. The summed E-state index contributed by atoms with van der Waals surface area (Å²) >= 11 is 0. The Morgan fingerprint density at radius 3 is 1.82 bits per heavy atom. The predicted molar refractivity (Wildman–Crippen MR) is 161 cm³/mol. The number of nitrogens with zero attached hydrogens (tertiary/aromatic N) is 1. The minimum absolute atomic E-state index is 0.0749. The Kier molecular flexibility index (Phi) is 6.74. The molecule has 1 unspecified atom stereocenters. The van der Waals surface area contributed by atoms with Crippen molar-refractivity contribution in [3.63, 3.8) is 0 Å². The lowest BCUT2D eigenvalue weighted by Gasteiger charge is -2.34. The van der Waals surface area contributed by atoms with Crippen molar-refractivity contribution < 1.29 is 9.59 Å². The lowest BCUT2D eigenvalue weighted by atomic mass is 9.86. The molecule has 3 nitrogen and oxygen atoms in total. The Bertz CT molecular complexity index is 1680. The van der Waals surface area contributed by atoms with Gasteiger partial charge in [0.1, 0.15) is 0 Å². The van der Waals surface area contributed by atoms with Gasteiger partial charge in [0.25, 0.3) is 11.8 Å². The number of hydrogen-bond donors (Lipinski definition) is 0. The first kappa shape index (κ1) is 25.1. The summed E-state index contributed by atoms with van der Waals surface area (Å²) in [6.07, 6.45) is 4.87. The lowest BCUT2D eigenvalue weighted by molar-refractivity contribution is 0.0524. The Morgan fingerprint density at radius 2 is 1.13 bits per heavy atom. The average Bonchev–Trinajstić information content (AvgIpc) is 2.99. The number of carbonyl (C=O) groups is 2. The molecule has 39 heavy (non-hydrogen) atoms. The average molecular weight is 512 g/mol. The lowest BCUT2D eigenvalue weighted by Crippen LogP contribution is -2.46. The van der Waals surface area contributed by atoms with E-state index >= 15 is 0 Å².